The van der Waals surface area contributed by atoms with E-state index in [4.69, 9.17) is 9.47 Å². The number of sulfone groups is 1. The second-order valence-electron chi connectivity index (χ2n) is 8.36. The fourth-order valence-electron chi connectivity index (χ4n) is 3.58. The largest absolute Gasteiger partial charge is 0.497 e. The molecule has 0 unspecified atom stereocenters. The molecule has 0 bridgehead atoms. The highest BCUT2D eigenvalue weighted by Gasteiger charge is 2.19. The third kappa shape index (κ3) is 4.98. The lowest BCUT2D eigenvalue weighted by atomic mass is 10.2. The van der Waals surface area contributed by atoms with Gasteiger partial charge < -0.3 is 9.47 Å². The van der Waals surface area contributed by atoms with Crippen molar-refractivity contribution >= 4 is 19.9 Å². The molecule has 0 amide bonds. The van der Waals surface area contributed by atoms with E-state index in [2.05, 4.69) is 55.8 Å². The van der Waals surface area contributed by atoms with Crippen molar-refractivity contribution in [3.05, 3.63) is 103 Å². The molecule has 0 fully saturated rings. The Morgan fingerprint density at radius 2 is 0.882 bits per heavy atom. The van der Waals surface area contributed by atoms with Gasteiger partial charge in [-0.05, 0) is 114 Å². The van der Waals surface area contributed by atoms with Gasteiger partial charge in [-0.1, -0.05) is 17.7 Å². The van der Waals surface area contributed by atoms with Crippen molar-refractivity contribution in [3.63, 3.8) is 0 Å². The minimum absolute atomic E-state index is 0.212. The summed E-state index contributed by atoms with van der Waals surface area (Å²) in [6, 6.07) is 29.7. The van der Waals surface area contributed by atoms with Crippen LogP contribution in [0.25, 0.3) is 0 Å². The summed E-state index contributed by atoms with van der Waals surface area (Å²) in [5.41, 5.74) is 1.26. The highest BCUT2D eigenvalue weighted by Crippen LogP contribution is 2.56. The van der Waals surface area contributed by atoms with Crippen LogP contribution in [0.15, 0.2) is 117 Å². The van der Waals surface area contributed by atoms with Crippen LogP contribution in [-0.2, 0) is 9.84 Å². The number of aryl methyl sites for hydroxylation is 1. The molecule has 0 aliphatic rings. The van der Waals surface area contributed by atoms with Gasteiger partial charge in [0.2, 0.25) is 9.84 Å². The summed E-state index contributed by atoms with van der Waals surface area (Å²) in [6.07, 6.45) is 4.57. The minimum atomic E-state index is -3.61. The van der Waals surface area contributed by atoms with Gasteiger partial charge >= 0.3 is 0 Å². The van der Waals surface area contributed by atoms with Crippen LogP contribution in [0, 0.1) is 6.92 Å². The van der Waals surface area contributed by atoms with Gasteiger partial charge in [-0.25, -0.2) is 8.42 Å². The Hall–Kier alpha value is -3.22. The topological polar surface area (TPSA) is 52.6 Å². The van der Waals surface area contributed by atoms with Gasteiger partial charge in [-0.2, -0.15) is 10.0 Å². The maximum Gasteiger partial charge on any atom is 0.206 e. The Morgan fingerprint density at radius 3 is 1.29 bits per heavy atom. The lowest BCUT2D eigenvalue weighted by molar-refractivity contribution is 0.414. The van der Waals surface area contributed by atoms with Crippen molar-refractivity contribution in [2.75, 3.05) is 19.6 Å². The molecule has 0 N–H and O–H groups in total. The molecule has 176 valence electrons. The first-order valence-electron chi connectivity index (χ1n) is 10.8. The summed E-state index contributed by atoms with van der Waals surface area (Å²) < 4.78 is 36.9. The molecule has 4 aromatic rings. The molecule has 0 aromatic heterocycles. The molecule has 0 heterocycles. The lowest BCUT2D eigenvalue weighted by Gasteiger charge is -2.32. The Labute approximate surface area is 203 Å². The quantitative estimate of drug-likeness (QED) is 0.276. The van der Waals surface area contributed by atoms with Crippen LogP contribution in [-0.4, -0.2) is 28.0 Å². The van der Waals surface area contributed by atoms with Crippen LogP contribution in [0.2, 0.25) is 0 Å². The van der Waals surface area contributed by atoms with Crippen LogP contribution in [0.5, 0.6) is 17.2 Å². The summed E-state index contributed by atoms with van der Waals surface area (Å²) >= 11 is 0. The fourth-order valence-corrected chi connectivity index (χ4v) is 6.74. The van der Waals surface area contributed by atoms with E-state index < -0.39 is 19.9 Å². The van der Waals surface area contributed by atoms with E-state index in [1.807, 2.05) is 12.1 Å². The predicted molar refractivity (Wildman–Crippen MR) is 139 cm³/mol. The summed E-state index contributed by atoms with van der Waals surface area (Å²) in [7, 11) is -3.20. The van der Waals surface area contributed by atoms with Gasteiger partial charge in [0, 0.05) is 0 Å². The van der Waals surface area contributed by atoms with Gasteiger partial charge in [-0.15, -0.1) is 0 Å². The van der Waals surface area contributed by atoms with Crippen molar-refractivity contribution in [1.29, 1.82) is 0 Å². The van der Waals surface area contributed by atoms with Crippen LogP contribution in [0.4, 0.5) is 0 Å². The molecule has 0 spiro atoms. The highest BCUT2D eigenvalue weighted by atomic mass is 32.3. The Bertz CT molecular complexity index is 1360. The summed E-state index contributed by atoms with van der Waals surface area (Å²) in [5, 5.41) is 0. The number of ether oxygens (including phenoxy) is 2. The lowest BCUT2D eigenvalue weighted by Crippen LogP contribution is -2.02. The van der Waals surface area contributed by atoms with Crippen molar-refractivity contribution in [2.45, 2.75) is 26.5 Å². The molecule has 34 heavy (non-hydrogen) atoms. The van der Waals surface area contributed by atoms with Gasteiger partial charge in [0.15, 0.2) is 0 Å². The second-order valence-corrected chi connectivity index (χ2v) is 13.9. The molecule has 4 aromatic carbocycles. The number of rotatable bonds is 7. The van der Waals surface area contributed by atoms with E-state index >= 15 is 0 Å². The molecule has 0 aliphatic carbocycles. The van der Waals surface area contributed by atoms with Crippen molar-refractivity contribution < 1.29 is 17.9 Å². The molecule has 0 saturated heterocycles. The molecular weight excluding hydrogens is 464 g/mol. The molecule has 0 radical (unpaired) electrons. The maximum atomic E-state index is 12.9. The van der Waals surface area contributed by atoms with Crippen molar-refractivity contribution in [3.8, 4) is 17.2 Å². The molecular formula is C28H28O4S2. The molecule has 4 rings (SSSR count). The van der Waals surface area contributed by atoms with Gasteiger partial charge in [-0.3, -0.25) is 0 Å². The van der Waals surface area contributed by atoms with E-state index in [9.17, 15) is 8.42 Å². The van der Waals surface area contributed by atoms with Crippen LogP contribution < -0.4 is 9.47 Å². The third-order valence-electron chi connectivity index (χ3n) is 5.76. The molecule has 0 saturated carbocycles. The predicted octanol–water partition coefficient (Wildman–Crippen LogP) is 7.11. The van der Waals surface area contributed by atoms with Gasteiger partial charge in [0.05, 0.1) is 16.9 Å². The first-order valence-corrected chi connectivity index (χ1v) is 14.7. The van der Waals surface area contributed by atoms with Crippen LogP contribution in [0.1, 0.15) is 5.56 Å². The van der Waals surface area contributed by atoms with Crippen molar-refractivity contribution in [1.82, 2.24) is 0 Å². The van der Waals surface area contributed by atoms with Gasteiger partial charge in [0.25, 0.3) is 0 Å². The zero-order chi connectivity index (χ0) is 24.3. The van der Waals surface area contributed by atoms with E-state index in [0.29, 0.717) is 17.2 Å². The number of hydrogen-bond donors (Lipinski definition) is 0. The first-order chi connectivity index (χ1) is 16.2. The van der Waals surface area contributed by atoms with E-state index in [1.165, 1.54) is 15.4 Å². The summed E-state index contributed by atoms with van der Waals surface area (Å²) in [5.74, 6) is 1.89. The molecule has 6 heteroatoms. The van der Waals surface area contributed by atoms with Crippen LogP contribution >= 0.6 is 10.0 Å². The van der Waals surface area contributed by atoms with Crippen molar-refractivity contribution in [2.24, 2.45) is 0 Å². The second kappa shape index (κ2) is 9.57. The Kier molecular flexibility index (Phi) is 6.73. The summed E-state index contributed by atoms with van der Waals surface area (Å²) in [6.45, 7) is 2.10. The first kappa shape index (κ1) is 23.9. The number of hydrogen-bond acceptors (Lipinski definition) is 4. The average molecular weight is 493 g/mol. The Morgan fingerprint density at radius 1 is 0.529 bits per heavy atom. The zero-order valence-corrected chi connectivity index (χ0v) is 21.3. The smallest absolute Gasteiger partial charge is 0.206 e. The van der Waals surface area contributed by atoms with E-state index in [1.54, 1.807) is 55.6 Å². The number of methoxy groups -OCH3 is 1. The third-order valence-corrected chi connectivity index (χ3v) is 10.4. The normalized spacial score (nSPS) is 12.2. The minimum Gasteiger partial charge on any atom is -0.497 e. The maximum absolute atomic E-state index is 12.9. The monoisotopic (exact) mass is 492 g/mol. The molecule has 0 atom stereocenters. The number of benzene rings is 4. The van der Waals surface area contributed by atoms with E-state index in [0.717, 1.165) is 0 Å². The highest BCUT2D eigenvalue weighted by molar-refractivity contribution is 8.32. The summed E-state index contributed by atoms with van der Waals surface area (Å²) in [4.78, 5) is 3.03. The van der Waals surface area contributed by atoms with Gasteiger partial charge in [0.1, 0.15) is 17.2 Å². The van der Waals surface area contributed by atoms with Crippen LogP contribution in [0.3, 0.4) is 0 Å². The SMILES string of the molecule is COc1ccc(S(=O)(=O)c2ccc(Oc3ccc(S(C)(C)c4ccc(C)cc4)cc3)cc2)cc1. The average Bonchev–Trinajstić information content (AvgIpc) is 2.85. The Balaban J connectivity index is 1.48. The fraction of sp³-hybridized carbons (Fsp3) is 0.143. The van der Waals surface area contributed by atoms with E-state index in [-0.39, 0.29) is 9.79 Å². The standard InChI is InChI=1S/C28H28O4S2/c1-21-5-13-25(14-6-21)33(3,4)26-15-9-23(10-16-26)32-24-11-19-28(20-12-24)34(29,30)27-17-7-22(31-2)8-18-27/h5-20H,1-4H3. The molecule has 0 aliphatic heterocycles. The zero-order valence-electron chi connectivity index (χ0n) is 19.7. The molecule has 4 nitrogen and oxygen atoms in total.